The van der Waals surface area contributed by atoms with Gasteiger partial charge in [0, 0.05) is 12.8 Å². The van der Waals surface area contributed by atoms with E-state index < -0.39 is 0 Å². The molecule has 0 aromatic carbocycles. The van der Waals surface area contributed by atoms with Crippen molar-refractivity contribution in [3.63, 3.8) is 0 Å². The van der Waals surface area contributed by atoms with Crippen molar-refractivity contribution in [2.24, 2.45) is 0 Å². The van der Waals surface area contributed by atoms with Gasteiger partial charge in [0.2, 0.25) is 0 Å². The Kier molecular flexibility index (Phi) is 24.9. The quantitative estimate of drug-likeness (QED) is 0.0837. The lowest BCUT2D eigenvalue weighted by Gasteiger charge is -2.04. The van der Waals surface area contributed by atoms with Crippen LogP contribution in [-0.4, -0.2) is 25.2 Å². The van der Waals surface area contributed by atoms with E-state index in [1.54, 1.807) is 0 Å². The lowest BCUT2D eigenvalue weighted by molar-refractivity contribution is -0.144. The van der Waals surface area contributed by atoms with Gasteiger partial charge in [0.25, 0.3) is 0 Å². The van der Waals surface area contributed by atoms with Gasteiger partial charge in [0.15, 0.2) is 0 Å². The van der Waals surface area contributed by atoms with Gasteiger partial charge in [-0.25, -0.2) is 0 Å². The molecule has 0 unspecified atom stereocenters. The van der Waals surface area contributed by atoms with Gasteiger partial charge < -0.3 is 9.47 Å². The van der Waals surface area contributed by atoms with E-state index in [1.165, 1.54) is 51.4 Å². The molecule has 0 heterocycles. The van der Waals surface area contributed by atoms with Crippen molar-refractivity contribution in [2.45, 2.75) is 142 Å². The van der Waals surface area contributed by atoms with Gasteiger partial charge >= 0.3 is 11.9 Å². The van der Waals surface area contributed by atoms with Crippen LogP contribution in [0.3, 0.4) is 0 Å². The molecule has 32 heavy (non-hydrogen) atoms. The lowest BCUT2D eigenvalue weighted by atomic mass is 10.1. The molecular formula is C28H52O4. The van der Waals surface area contributed by atoms with Gasteiger partial charge in [-0.2, -0.15) is 0 Å². The van der Waals surface area contributed by atoms with Crippen LogP contribution in [0.4, 0.5) is 0 Å². The molecule has 4 heteroatoms. The van der Waals surface area contributed by atoms with E-state index in [9.17, 15) is 9.59 Å². The van der Waals surface area contributed by atoms with Gasteiger partial charge in [-0.05, 0) is 51.4 Å². The number of unbranched alkanes of at least 4 members (excludes halogenated alkanes) is 14. The summed E-state index contributed by atoms with van der Waals surface area (Å²) < 4.78 is 10.5. The van der Waals surface area contributed by atoms with Crippen LogP contribution in [0.25, 0.3) is 0 Å². The molecular weight excluding hydrogens is 400 g/mol. The maximum Gasteiger partial charge on any atom is 0.305 e. The van der Waals surface area contributed by atoms with Crippen molar-refractivity contribution < 1.29 is 19.1 Å². The number of esters is 2. The van der Waals surface area contributed by atoms with Crippen LogP contribution in [0.2, 0.25) is 0 Å². The fourth-order valence-electron chi connectivity index (χ4n) is 3.58. The second-order valence-electron chi connectivity index (χ2n) is 8.94. The number of hydrogen-bond donors (Lipinski definition) is 0. The largest absolute Gasteiger partial charge is 0.466 e. The summed E-state index contributed by atoms with van der Waals surface area (Å²) in [5, 5.41) is 0. The van der Waals surface area contributed by atoms with E-state index in [2.05, 4.69) is 26.0 Å². The second kappa shape index (κ2) is 25.9. The molecule has 0 bridgehead atoms. The van der Waals surface area contributed by atoms with Gasteiger partial charge in [-0.1, -0.05) is 90.2 Å². The highest BCUT2D eigenvalue weighted by molar-refractivity contribution is 5.69. The first-order valence-corrected chi connectivity index (χ1v) is 13.7. The van der Waals surface area contributed by atoms with Crippen molar-refractivity contribution in [1.82, 2.24) is 0 Å². The molecule has 0 fully saturated rings. The average Bonchev–Trinajstić information content (AvgIpc) is 2.79. The molecule has 0 aromatic heterocycles. The molecule has 0 radical (unpaired) electrons. The Labute approximate surface area is 198 Å². The molecule has 0 aromatic rings. The summed E-state index contributed by atoms with van der Waals surface area (Å²) in [6.07, 6.45) is 26.1. The van der Waals surface area contributed by atoms with Crippen LogP contribution >= 0.6 is 0 Å². The fourth-order valence-corrected chi connectivity index (χ4v) is 3.58. The lowest BCUT2D eigenvalue weighted by Crippen LogP contribution is -2.05. The van der Waals surface area contributed by atoms with Crippen molar-refractivity contribution >= 4 is 11.9 Å². The predicted molar refractivity (Wildman–Crippen MR) is 135 cm³/mol. The second-order valence-corrected chi connectivity index (χ2v) is 8.94. The zero-order valence-corrected chi connectivity index (χ0v) is 21.3. The Hall–Kier alpha value is -1.32. The number of allylic oxidation sites excluding steroid dienone is 2. The van der Waals surface area contributed by atoms with E-state index in [4.69, 9.17) is 9.47 Å². The Bertz CT molecular complexity index is 445. The minimum atomic E-state index is -0.0372. The van der Waals surface area contributed by atoms with Crippen LogP contribution in [0, 0.1) is 0 Å². The predicted octanol–water partition coefficient (Wildman–Crippen LogP) is 8.47. The van der Waals surface area contributed by atoms with Crippen LogP contribution in [0.1, 0.15) is 142 Å². The Morgan fingerprint density at radius 2 is 0.875 bits per heavy atom. The van der Waals surface area contributed by atoms with Crippen molar-refractivity contribution in [3.8, 4) is 0 Å². The molecule has 0 N–H and O–H groups in total. The monoisotopic (exact) mass is 452 g/mol. The molecule has 0 amide bonds. The van der Waals surface area contributed by atoms with Crippen molar-refractivity contribution in [3.05, 3.63) is 12.2 Å². The maximum atomic E-state index is 11.6. The third-order valence-corrected chi connectivity index (χ3v) is 5.69. The topological polar surface area (TPSA) is 52.6 Å². The molecule has 0 saturated heterocycles. The molecule has 4 nitrogen and oxygen atoms in total. The number of ether oxygens (including phenoxy) is 2. The van der Waals surface area contributed by atoms with E-state index >= 15 is 0 Å². The first kappa shape index (κ1) is 30.7. The molecule has 0 saturated carbocycles. The summed E-state index contributed by atoms with van der Waals surface area (Å²) in [7, 11) is 0. The normalized spacial score (nSPS) is 11.2. The Balaban J connectivity index is 3.27. The molecule has 0 atom stereocenters. The molecule has 0 spiro atoms. The molecule has 0 aliphatic rings. The van der Waals surface area contributed by atoms with Gasteiger partial charge in [-0.15, -0.1) is 0 Å². The molecule has 0 aliphatic heterocycles. The van der Waals surface area contributed by atoms with Crippen molar-refractivity contribution in [2.75, 3.05) is 13.2 Å². The van der Waals surface area contributed by atoms with Crippen LogP contribution in [0.5, 0.6) is 0 Å². The van der Waals surface area contributed by atoms with E-state index in [-0.39, 0.29) is 11.9 Å². The fraction of sp³-hybridized carbons (Fsp3) is 0.857. The number of carbonyl (C=O) groups is 2. The third-order valence-electron chi connectivity index (χ3n) is 5.69. The van der Waals surface area contributed by atoms with E-state index in [1.807, 2.05) is 0 Å². The van der Waals surface area contributed by atoms with Crippen molar-refractivity contribution in [1.29, 1.82) is 0 Å². The van der Waals surface area contributed by atoms with Crippen LogP contribution in [-0.2, 0) is 19.1 Å². The summed E-state index contributed by atoms with van der Waals surface area (Å²) >= 11 is 0. The summed E-state index contributed by atoms with van der Waals surface area (Å²) in [6, 6.07) is 0. The molecule has 0 aliphatic carbocycles. The highest BCUT2D eigenvalue weighted by atomic mass is 16.5. The van der Waals surface area contributed by atoms with E-state index in [0.717, 1.165) is 64.2 Å². The number of carbonyl (C=O) groups excluding carboxylic acids is 2. The first-order chi connectivity index (χ1) is 15.7. The zero-order chi connectivity index (χ0) is 23.5. The van der Waals surface area contributed by atoms with Crippen LogP contribution in [0.15, 0.2) is 12.2 Å². The van der Waals surface area contributed by atoms with Gasteiger partial charge in [0.05, 0.1) is 13.2 Å². The number of rotatable bonds is 24. The molecule has 0 rings (SSSR count). The van der Waals surface area contributed by atoms with Gasteiger partial charge in [-0.3, -0.25) is 9.59 Å². The van der Waals surface area contributed by atoms with E-state index in [0.29, 0.717) is 26.1 Å². The molecule has 188 valence electrons. The Morgan fingerprint density at radius 1 is 0.500 bits per heavy atom. The maximum absolute atomic E-state index is 11.6. The Morgan fingerprint density at radius 3 is 1.38 bits per heavy atom. The summed E-state index contributed by atoms with van der Waals surface area (Å²) in [4.78, 5) is 23.3. The van der Waals surface area contributed by atoms with Crippen LogP contribution < -0.4 is 0 Å². The first-order valence-electron chi connectivity index (χ1n) is 13.7. The summed E-state index contributed by atoms with van der Waals surface area (Å²) in [5.74, 6) is -0.0595. The highest BCUT2D eigenvalue weighted by Crippen LogP contribution is 2.10. The third kappa shape index (κ3) is 24.9. The zero-order valence-electron chi connectivity index (χ0n) is 21.3. The summed E-state index contributed by atoms with van der Waals surface area (Å²) in [5.41, 5.74) is 0. The summed E-state index contributed by atoms with van der Waals surface area (Å²) in [6.45, 7) is 5.55. The smallest absolute Gasteiger partial charge is 0.305 e. The SMILES string of the molecule is CCCCCCOC(=O)CCCC/C=C/CCCCCCCCC(=O)OCCCCCC. The van der Waals surface area contributed by atoms with Gasteiger partial charge in [0.1, 0.15) is 0 Å². The minimum Gasteiger partial charge on any atom is -0.466 e. The number of hydrogen-bond acceptors (Lipinski definition) is 4. The minimum absolute atomic E-state index is 0.0223. The average molecular weight is 453 g/mol. The highest BCUT2D eigenvalue weighted by Gasteiger charge is 2.03. The standard InChI is InChI=1S/C28H52O4/c1-3-5-7-21-25-31-27(29)23-19-17-15-13-11-9-10-12-14-16-18-20-24-28(30)32-26-22-8-6-4-2/h11,13H,3-10,12,14-26H2,1-2H3/b13-11+.